The van der Waals surface area contributed by atoms with E-state index in [9.17, 15) is 4.79 Å². The summed E-state index contributed by atoms with van der Waals surface area (Å²) in [5.74, 6) is 0.529. The highest BCUT2D eigenvalue weighted by molar-refractivity contribution is 9.10. The lowest BCUT2D eigenvalue weighted by molar-refractivity contribution is 1.16. The van der Waals surface area contributed by atoms with Crippen LogP contribution in [0.5, 0.6) is 0 Å². The van der Waals surface area contributed by atoms with Crippen LogP contribution in [-0.4, -0.2) is 15.0 Å². The molecule has 0 bridgehead atoms. The Hall–Kier alpha value is -2.40. The van der Waals surface area contributed by atoms with Gasteiger partial charge in [0.15, 0.2) is 5.82 Å². The first-order chi connectivity index (χ1) is 10.2. The van der Waals surface area contributed by atoms with Gasteiger partial charge in [-0.25, -0.2) is 4.98 Å². The van der Waals surface area contributed by atoms with Gasteiger partial charge in [-0.05, 0) is 34.1 Å². The summed E-state index contributed by atoms with van der Waals surface area (Å²) in [4.78, 5) is 22.9. The second kappa shape index (κ2) is 4.56. The van der Waals surface area contributed by atoms with Crippen molar-refractivity contribution in [2.75, 3.05) is 0 Å². The molecule has 0 spiro atoms. The third kappa shape index (κ3) is 1.89. The molecule has 2 aromatic carbocycles. The van der Waals surface area contributed by atoms with Crippen molar-refractivity contribution in [2.45, 2.75) is 0 Å². The van der Waals surface area contributed by atoms with Gasteiger partial charge in [-0.3, -0.25) is 4.79 Å². The van der Waals surface area contributed by atoms with Crippen LogP contribution >= 0.6 is 15.9 Å². The number of fused-ring (bicyclic) bond motifs is 2. The minimum Gasteiger partial charge on any atom is -0.351 e. The summed E-state index contributed by atoms with van der Waals surface area (Å²) in [5.41, 5.74) is 2.32. The van der Waals surface area contributed by atoms with Gasteiger partial charge in [-0.1, -0.05) is 30.3 Å². The number of hydrogen-bond acceptors (Lipinski definition) is 2. The van der Waals surface area contributed by atoms with E-state index in [4.69, 9.17) is 0 Å². The van der Waals surface area contributed by atoms with E-state index in [1.807, 2.05) is 42.5 Å². The number of nitrogens with zero attached hydrogens (tertiary/aromatic N) is 1. The van der Waals surface area contributed by atoms with E-state index in [0.717, 1.165) is 21.1 Å². The summed E-state index contributed by atoms with van der Waals surface area (Å²) < 4.78 is 0.900. The zero-order valence-electron chi connectivity index (χ0n) is 10.9. The first-order valence-corrected chi connectivity index (χ1v) is 7.29. The van der Waals surface area contributed by atoms with Crippen LogP contribution in [0.3, 0.4) is 0 Å². The molecule has 21 heavy (non-hydrogen) atoms. The fraction of sp³-hybridized carbons (Fsp3) is 0. The number of aromatic amines is 2. The fourth-order valence-electron chi connectivity index (χ4n) is 2.48. The summed E-state index contributed by atoms with van der Waals surface area (Å²) in [6, 6.07) is 15.3. The van der Waals surface area contributed by atoms with Crippen molar-refractivity contribution in [1.29, 1.82) is 0 Å². The fourth-order valence-corrected chi connectivity index (χ4v) is 3.11. The number of aromatic nitrogens is 3. The molecule has 0 atom stereocenters. The van der Waals surface area contributed by atoms with Gasteiger partial charge in [0.05, 0.1) is 21.1 Å². The van der Waals surface area contributed by atoms with Crippen molar-refractivity contribution in [3.05, 3.63) is 63.4 Å². The molecule has 2 aromatic heterocycles. The molecule has 0 radical (unpaired) electrons. The van der Waals surface area contributed by atoms with Crippen molar-refractivity contribution < 1.29 is 0 Å². The van der Waals surface area contributed by atoms with E-state index in [1.165, 1.54) is 0 Å². The van der Waals surface area contributed by atoms with E-state index in [0.29, 0.717) is 16.7 Å². The summed E-state index contributed by atoms with van der Waals surface area (Å²) >= 11 is 3.58. The van der Waals surface area contributed by atoms with E-state index >= 15 is 0 Å². The zero-order valence-corrected chi connectivity index (χ0v) is 12.4. The van der Waals surface area contributed by atoms with Crippen LogP contribution in [0.4, 0.5) is 0 Å². The van der Waals surface area contributed by atoms with Gasteiger partial charge in [0.1, 0.15) is 0 Å². The van der Waals surface area contributed by atoms with Gasteiger partial charge < -0.3 is 9.97 Å². The minimum atomic E-state index is -0.138. The van der Waals surface area contributed by atoms with Crippen molar-refractivity contribution >= 4 is 37.7 Å². The number of nitrogens with one attached hydrogen (secondary N) is 2. The molecular weight excluding hydrogens is 330 g/mol. The topological polar surface area (TPSA) is 61.5 Å². The van der Waals surface area contributed by atoms with Crippen molar-refractivity contribution in [3.63, 3.8) is 0 Å². The highest BCUT2D eigenvalue weighted by Gasteiger charge is 2.13. The largest absolute Gasteiger partial charge is 0.351 e. The SMILES string of the molecule is O=c1[nH]c(-c2[nH]c3ccccc3c2Br)nc2ccccc12. The van der Waals surface area contributed by atoms with Gasteiger partial charge >= 0.3 is 0 Å². The average Bonchev–Trinajstić information content (AvgIpc) is 2.85. The predicted molar refractivity (Wildman–Crippen MR) is 87.4 cm³/mol. The molecule has 0 unspecified atom stereocenters. The summed E-state index contributed by atoms with van der Waals surface area (Å²) in [5, 5.41) is 1.65. The molecule has 0 amide bonds. The third-order valence-corrected chi connectivity index (χ3v) is 4.32. The Kier molecular flexibility index (Phi) is 2.68. The van der Waals surface area contributed by atoms with Crippen LogP contribution in [0.15, 0.2) is 57.8 Å². The Balaban J connectivity index is 2.04. The Morgan fingerprint density at radius 3 is 2.43 bits per heavy atom. The molecule has 0 aliphatic carbocycles. The Morgan fingerprint density at radius 1 is 0.905 bits per heavy atom. The lowest BCUT2D eigenvalue weighted by Gasteiger charge is -2.01. The van der Waals surface area contributed by atoms with E-state index in [-0.39, 0.29) is 5.56 Å². The number of halogens is 1. The number of H-pyrrole nitrogens is 2. The third-order valence-electron chi connectivity index (χ3n) is 3.49. The van der Waals surface area contributed by atoms with E-state index < -0.39 is 0 Å². The first-order valence-electron chi connectivity index (χ1n) is 6.50. The van der Waals surface area contributed by atoms with Gasteiger partial charge in [0.25, 0.3) is 5.56 Å². The molecule has 2 heterocycles. The lowest BCUT2D eigenvalue weighted by atomic mass is 10.2. The maximum atomic E-state index is 12.2. The zero-order chi connectivity index (χ0) is 14.4. The molecule has 4 nitrogen and oxygen atoms in total. The Labute approximate surface area is 128 Å². The number of rotatable bonds is 1. The molecule has 0 aliphatic heterocycles. The molecule has 0 aliphatic rings. The van der Waals surface area contributed by atoms with Crippen LogP contribution in [0.1, 0.15) is 0 Å². The quantitative estimate of drug-likeness (QED) is 0.553. The van der Waals surface area contributed by atoms with Gasteiger partial charge in [-0.15, -0.1) is 0 Å². The molecule has 2 N–H and O–H groups in total. The lowest BCUT2D eigenvalue weighted by Crippen LogP contribution is -2.09. The van der Waals surface area contributed by atoms with Crippen molar-refractivity contribution in [1.82, 2.24) is 15.0 Å². The van der Waals surface area contributed by atoms with Crippen LogP contribution in [-0.2, 0) is 0 Å². The van der Waals surface area contributed by atoms with Gasteiger partial charge in [-0.2, -0.15) is 0 Å². The maximum absolute atomic E-state index is 12.2. The second-order valence-corrected chi connectivity index (χ2v) is 5.58. The molecule has 0 saturated carbocycles. The van der Waals surface area contributed by atoms with Crippen LogP contribution in [0.2, 0.25) is 0 Å². The van der Waals surface area contributed by atoms with E-state index in [1.54, 1.807) is 6.07 Å². The van der Waals surface area contributed by atoms with Crippen molar-refractivity contribution in [2.24, 2.45) is 0 Å². The van der Waals surface area contributed by atoms with E-state index in [2.05, 4.69) is 30.9 Å². The van der Waals surface area contributed by atoms with Crippen LogP contribution in [0, 0.1) is 0 Å². The normalized spacial score (nSPS) is 11.3. The number of benzene rings is 2. The van der Waals surface area contributed by atoms with Gasteiger partial charge in [0, 0.05) is 10.9 Å². The number of para-hydroxylation sites is 2. The summed E-state index contributed by atoms with van der Waals surface area (Å²) in [7, 11) is 0. The van der Waals surface area contributed by atoms with Crippen molar-refractivity contribution in [3.8, 4) is 11.5 Å². The summed E-state index contributed by atoms with van der Waals surface area (Å²) in [6.07, 6.45) is 0. The molecule has 0 saturated heterocycles. The molecular formula is C16H10BrN3O. The molecule has 4 aromatic rings. The monoisotopic (exact) mass is 339 g/mol. The Morgan fingerprint density at radius 2 is 1.62 bits per heavy atom. The second-order valence-electron chi connectivity index (χ2n) is 4.79. The molecule has 4 rings (SSSR count). The Bertz CT molecular complexity index is 1030. The minimum absolute atomic E-state index is 0.138. The smallest absolute Gasteiger partial charge is 0.259 e. The highest BCUT2D eigenvalue weighted by Crippen LogP contribution is 2.32. The standard InChI is InChI=1S/C16H10BrN3O/c17-13-9-5-1-3-7-11(9)18-14(13)15-19-12-8-4-2-6-10(12)16(21)20-15/h1-8,18H,(H,19,20,21). The average molecular weight is 340 g/mol. The van der Waals surface area contributed by atoms with Gasteiger partial charge in [0.2, 0.25) is 0 Å². The maximum Gasteiger partial charge on any atom is 0.259 e. The first kappa shape index (κ1) is 12.3. The predicted octanol–water partition coefficient (Wildman–Crippen LogP) is 3.83. The van der Waals surface area contributed by atoms with Crippen LogP contribution in [0.25, 0.3) is 33.3 Å². The van der Waals surface area contributed by atoms with Crippen LogP contribution < -0.4 is 5.56 Å². The number of hydrogen-bond donors (Lipinski definition) is 2. The molecule has 5 heteroatoms. The highest BCUT2D eigenvalue weighted by atomic mass is 79.9. The molecule has 0 fully saturated rings. The molecule has 102 valence electrons. The summed E-state index contributed by atoms with van der Waals surface area (Å²) in [6.45, 7) is 0.